The van der Waals surface area contributed by atoms with Crippen LogP contribution in [-0.2, 0) is 9.59 Å². The molecule has 2 nitrogen and oxygen atoms in total. The maximum Gasteiger partial charge on any atom is 0.139 e. The number of hydrogen-bond acceptors (Lipinski definition) is 2. The van der Waals surface area contributed by atoms with Crippen molar-refractivity contribution in [2.24, 2.45) is 34.5 Å². The minimum atomic E-state index is -0.0248. The zero-order valence-corrected chi connectivity index (χ0v) is 13.5. The van der Waals surface area contributed by atoms with Crippen molar-refractivity contribution in [2.75, 3.05) is 0 Å². The van der Waals surface area contributed by atoms with Gasteiger partial charge >= 0.3 is 0 Å². The summed E-state index contributed by atoms with van der Waals surface area (Å²) in [6, 6.07) is 0. The molecule has 0 N–H and O–H groups in total. The third-order valence-corrected chi connectivity index (χ3v) is 8.12. The van der Waals surface area contributed by atoms with Crippen LogP contribution in [0.5, 0.6) is 0 Å². The molecule has 21 heavy (non-hydrogen) atoms. The van der Waals surface area contributed by atoms with Crippen LogP contribution < -0.4 is 0 Å². The van der Waals surface area contributed by atoms with E-state index in [1.165, 1.54) is 19.3 Å². The Kier molecular flexibility index (Phi) is 2.94. The molecule has 2 heteroatoms. The average Bonchev–Trinajstić information content (AvgIpc) is 2.74. The van der Waals surface area contributed by atoms with Crippen molar-refractivity contribution < 1.29 is 9.59 Å². The highest BCUT2D eigenvalue weighted by molar-refractivity contribution is 5.87. The lowest BCUT2D eigenvalue weighted by atomic mass is 9.45. The zero-order chi connectivity index (χ0) is 14.8. The molecule has 6 atom stereocenters. The second-order valence-electron chi connectivity index (χ2n) is 8.83. The van der Waals surface area contributed by atoms with Crippen LogP contribution >= 0.6 is 0 Å². The van der Waals surface area contributed by atoms with E-state index in [1.807, 2.05) is 0 Å². The van der Waals surface area contributed by atoms with E-state index < -0.39 is 0 Å². The van der Waals surface area contributed by atoms with Gasteiger partial charge in [0.1, 0.15) is 11.6 Å². The SMILES string of the molecule is C[C@]12CCC3C(CC[C@H]4CCC(=O)C[C@]34C)C1CCC2=O. The molecule has 0 aromatic heterocycles. The number of fused-ring (bicyclic) bond motifs is 5. The van der Waals surface area contributed by atoms with Gasteiger partial charge in [-0.25, -0.2) is 0 Å². The molecular formula is C19H28O2. The third-order valence-electron chi connectivity index (χ3n) is 8.12. The first-order valence-electron chi connectivity index (χ1n) is 9.00. The Morgan fingerprint density at radius 1 is 0.905 bits per heavy atom. The highest BCUT2D eigenvalue weighted by Crippen LogP contribution is 2.65. The maximum atomic E-state index is 12.4. The van der Waals surface area contributed by atoms with Crippen LogP contribution in [0, 0.1) is 34.5 Å². The van der Waals surface area contributed by atoms with Gasteiger partial charge in [-0.2, -0.15) is 0 Å². The smallest absolute Gasteiger partial charge is 0.139 e. The van der Waals surface area contributed by atoms with Gasteiger partial charge in [0.05, 0.1) is 0 Å². The van der Waals surface area contributed by atoms with Gasteiger partial charge < -0.3 is 0 Å². The van der Waals surface area contributed by atoms with Crippen LogP contribution in [0.2, 0.25) is 0 Å². The van der Waals surface area contributed by atoms with Crippen molar-refractivity contribution in [2.45, 2.75) is 71.6 Å². The Morgan fingerprint density at radius 2 is 1.71 bits per heavy atom. The second kappa shape index (κ2) is 4.43. The average molecular weight is 288 g/mol. The van der Waals surface area contributed by atoms with Gasteiger partial charge in [-0.3, -0.25) is 9.59 Å². The number of carbonyl (C=O) groups is 2. The first-order valence-corrected chi connectivity index (χ1v) is 9.00. The molecule has 4 aliphatic carbocycles. The summed E-state index contributed by atoms with van der Waals surface area (Å²) in [5.41, 5.74) is 0.217. The van der Waals surface area contributed by atoms with E-state index in [2.05, 4.69) is 13.8 Å². The van der Waals surface area contributed by atoms with E-state index in [0.29, 0.717) is 29.3 Å². The summed E-state index contributed by atoms with van der Waals surface area (Å²) >= 11 is 0. The number of Topliss-reactive ketones (excluding diaryl/α,β-unsaturated/α-hetero) is 2. The number of carbonyl (C=O) groups excluding carboxylic acids is 2. The molecule has 4 rings (SSSR count). The van der Waals surface area contributed by atoms with E-state index in [4.69, 9.17) is 0 Å². The molecule has 0 saturated heterocycles. The number of rotatable bonds is 0. The Balaban J connectivity index is 1.67. The van der Waals surface area contributed by atoms with Crippen molar-refractivity contribution in [3.8, 4) is 0 Å². The number of hydrogen-bond donors (Lipinski definition) is 0. The van der Waals surface area contributed by atoms with E-state index >= 15 is 0 Å². The fourth-order valence-corrected chi connectivity index (χ4v) is 6.90. The molecule has 0 spiro atoms. The first-order chi connectivity index (χ1) is 9.95. The molecule has 0 radical (unpaired) electrons. The molecule has 0 amide bonds. The summed E-state index contributed by atoms with van der Waals surface area (Å²) in [5, 5.41) is 0. The largest absolute Gasteiger partial charge is 0.300 e. The molecule has 4 fully saturated rings. The third kappa shape index (κ3) is 1.77. The lowest BCUT2D eigenvalue weighted by Crippen LogP contribution is -2.53. The molecule has 3 unspecified atom stereocenters. The Hall–Kier alpha value is -0.660. The molecule has 4 saturated carbocycles. The van der Waals surface area contributed by atoms with E-state index in [1.54, 1.807) is 0 Å². The summed E-state index contributed by atoms with van der Waals surface area (Å²) < 4.78 is 0. The normalized spacial score (nSPS) is 53.0. The second-order valence-corrected chi connectivity index (χ2v) is 8.83. The predicted molar refractivity (Wildman–Crippen MR) is 81.7 cm³/mol. The monoisotopic (exact) mass is 288 g/mol. The van der Waals surface area contributed by atoms with Gasteiger partial charge in [-0.1, -0.05) is 13.8 Å². The highest BCUT2D eigenvalue weighted by atomic mass is 16.1. The first kappa shape index (κ1) is 14.0. The van der Waals surface area contributed by atoms with Crippen LogP contribution in [0.15, 0.2) is 0 Å². The van der Waals surface area contributed by atoms with Crippen LogP contribution in [0.3, 0.4) is 0 Å². The standard InChI is InChI=1S/C19H28O2/c1-18-10-9-16-14(15(18)7-8-17(18)21)6-4-12-3-5-13(20)11-19(12,16)2/h12,14-16H,3-11H2,1-2H3/t12-,14?,15?,16?,18+,19+/m1/s1. The topological polar surface area (TPSA) is 34.1 Å². The fourth-order valence-electron chi connectivity index (χ4n) is 6.90. The fraction of sp³-hybridized carbons (Fsp3) is 0.895. The van der Waals surface area contributed by atoms with Crippen molar-refractivity contribution in [1.82, 2.24) is 0 Å². The minimum absolute atomic E-state index is 0.0248. The molecule has 0 bridgehead atoms. The van der Waals surface area contributed by atoms with Crippen LogP contribution in [0.25, 0.3) is 0 Å². The Morgan fingerprint density at radius 3 is 2.52 bits per heavy atom. The lowest BCUT2D eigenvalue weighted by Gasteiger charge is -2.59. The van der Waals surface area contributed by atoms with Gasteiger partial charge in [0.25, 0.3) is 0 Å². The van der Waals surface area contributed by atoms with Gasteiger partial charge in [0, 0.05) is 24.7 Å². The van der Waals surface area contributed by atoms with Gasteiger partial charge in [-0.15, -0.1) is 0 Å². The molecule has 4 aliphatic rings. The lowest BCUT2D eigenvalue weighted by molar-refractivity contribution is -0.146. The molecular weight excluding hydrogens is 260 g/mol. The summed E-state index contributed by atoms with van der Waals surface area (Å²) in [6.45, 7) is 4.65. The van der Waals surface area contributed by atoms with Crippen molar-refractivity contribution in [3.05, 3.63) is 0 Å². The van der Waals surface area contributed by atoms with Crippen LogP contribution in [0.4, 0.5) is 0 Å². The van der Waals surface area contributed by atoms with Crippen molar-refractivity contribution in [1.29, 1.82) is 0 Å². The molecule has 0 aromatic carbocycles. The van der Waals surface area contributed by atoms with Crippen LogP contribution in [0.1, 0.15) is 71.6 Å². The maximum absolute atomic E-state index is 12.4. The summed E-state index contributed by atoms with van der Waals surface area (Å²) in [4.78, 5) is 24.5. The highest BCUT2D eigenvalue weighted by Gasteiger charge is 2.60. The zero-order valence-electron chi connectivity index (χ0n) is 13.5. The molecule has 0 aliphatic heterocycles. The summed E-state index contributed by atoms with van der Waals surface area (Å²) in [7, 11) is 0. The quantitative estimate of drug-likeness (QED) is 0.670. The van der Waals surface area contributed by atoms with E-state index in [0.717, 1.165) is 44.4 Å². The van der Waals surface area contributed by atoms with E-state index in [-0.39, 0.29) is 10.8 Å². The Labute approximate surface area is 128 Å². The minimum Gasteiger partial charge on any atom is -0.300 e. The van der Waals surface area contributed by atoms with Crippen molar-refractivity contribution >= 4 is 11.6 Å². The van der Waals surface area contributed by atoms with Gasteiger partial charge in [0.2, 0.25) is 0 Å². The van der Waals surface area contributed by atoms with Crippen LogP contribution in [-0.4, -0.2) is 11.6 Å². The molecule has 0 heterocycles. The molecule has 116 valence electrons. The van der Waals surface area contributed by atoms with E-state index in [9.17, 15) is 9.59 Å². The van der Waals surface area contributed by atoms with Gasteiger partial charge in [0.15, 0.2) is 0 Å². The molecule has 0 aromatic rings. The van der Waals surface area contributed by atoms with Crippen molar-refractivity contribution in [3.63, 3.8) is 0 Å². The van der Waals surface area contributed by atoms with Gasteiger partial charge in [-0.05, 0) is 67.6 Å². The number of ketones is 2. The summed E-state index contributed by atoms with van der Waals surface area (Å²) in [5.74, 6) is 3.80. The Bertz CT molecular complexity index is 496. The summed E-state index contributed by atoms with van der Waals surface area (Å²) in [6.07, 6.45) is 9.55. The predicted octanol–water partition coefficient (Wildman–Crippen LogP) is 4.17.